The second-order valence-electron chi connectivity index (χ2n) is 4.08. The molecule has 19 heavy (non-hydrogen) atoms. The van der Waals surface area contributed by atoms with Gasteiger partial charge in [-0.25, -0.2) is 0 Å². The summed E-state index contributed by atoms with van der Waals surface area (Å²) < 4.78 is 37.0. The Morgan fingerprint density at radius 3 is 2.21 bits per heavy atom. The van der Waals surface area contributed by atoms with Crippen LogP contribution < -0.4 is 5.32 Å². The second kappa shape index (κ2) is 6.03. The number of benzene rings is 1. The van der Waals surface area contributed by atoms with Crippen molar-refractivity contribution in [2.24, 2.45) is 0 Å². The molecule has 0 aliphatic rings. The zero-order valence-corrected chi connectivity index (χ0v) is 10.1. The van der Waals surface area contributed by atoms with Gasteiger partial charge in [0, 0.05) is 5.56 Å². The summed E-state index contributed by atoms with van der Waals surface area (Å²) in [5.41, 5.74) is -0.828. The Kier molecular flexibility index (Phi) is 4.90. The number of hydrogen-bond donors (Lipinski definition) is 3. The van der Waals surface area contributed by atoms with Crippen molar-refractivity contribution in [2.45, 2.75) is 25.2 Å². The van der Waals surface area contributed by atoms with Gasteiger partial charge in [0.15, 0.2) is 0 Å². The van der Waals surface area contributed by atoms with Gasteiger partial charge in [0.2, 0.25) is 0 Å². The quantitative estimate of drug-likeness (QED) is 0.774. The number of carbonyl (C=O) groups excluding carboxylic acids is 1. The van der Waals surface area contributed by atoms with Crippen molar-refractivity contribution in [3.05, 3.63) is 35.4 Å². The van der Waals surface area contributed by atoms with E-state index < -0.39 is 36.4 Å². The minimum atomic E-state index is -4.46. The van der Waals surface area contributed by atoms with Crippen molar-refractivity contribution in [1.82, 2.24) is 5.32 Å². The average molecular weight is 277 g/mol. The molecule has 2 atom stereocenters. The van der Waals surface area contributed by atoms with Crippen LogP contribution in [0.25, 0.3) is 0 Å². The summed E-state index contributed by atoms with van der Waals surface area (Å²) in [6.45, 7) is 0.915. The van der Waals surface area contributed by atoms with E-state index in [1.807, 2.05) is 0 Å². The Morgan fingerprint density at radius 1 is 1.32 bits per heavy atom. The van der Waals surface area contributed by atoms with Crippen LogP contribution in [0.5, 0.6) is 0 Å². The van der Waals surface area contributed by atoms with E-state index in [9.17, 15) is 23.1 Å². The van der Waals surface area contributed by atoms with Gasteiger partial charge in [0.1, 0.15) is 0 Å². The Morgan fingerprint density at radius 2 is 1.84 bits per heavy atom. The first-order valence-corrected chi connectivity index (χ1v) is 5.52. The molecule has 1 amide bonds. The summed E-state index contributed by atoms with van der Waals surface area (Å²) in [4.78, 5) is 11.7. The highest BCUT2D eigenvalue weighted by Crippen LogP contribution is 2.29. The molecule has 7 heteroatoms. The van der Waals surface area contributed by atoms with E-state index in [1.54, 1.807) is 0 Å². The molecule has 0 saturated carbocycles. The first-order valence-electron chi connectivity index (χ1n) is 5.52. The Balaban J connectivity index is 2.78. The Hall–Kier alpha value is -1.60. The van der Waals surface area contributed by atoms with Crippen LogP contribution in [-0.4, -0.2) is 34.9 Å². The fourth-order valence-electron chi connectivity index (χ4n) is 1.38. The molecular weight excluding hydrogens is 263 g/mol. The molecule has 0 radical (unpaired) electrons. The highest BCUT2D eigenvalue weighted by Gasteiger charge is 2.30. The number of nitrogens with one attached hydrogen (secondary N) is 1. The van der Waals surface area contributed by atoms with Gasteiger partial charge in [-0.3, -0.25) is 4.79 Å². The molecule has 0 bridgehead atoms. The lowest BCUT2D eigenvalue weighted by Crippen LogP contribution is -2.44. The molecule has 0 unspecified atom stereocenters. The topological polar surface area (TPSA) is 69.6 Å². The molecule has 3 N–H and O–H groups in total. The summed E-state index contributed by atoms with van der Waals surface area (Å²) in [5.74, 6) is -0.659. The van der Waals surface area contributed by atoms with Gasteiger partial charge in [-0.1, -0.05) is 0 Å². The number of carbonyl (C=O) groups is 1. The van der Waals surface area contributed by atoms with E-state index in [1.165, 1.54) is 6.92 Å². The monoisotopic (exact) mass is 277 g/mol. The molecule has 0 spiro atoms. The van der Waals surface area contributed by atoms with E-state index in [2.05, 4.69) is 5.32 Å². The molecule has 0 saturated heterocycles. The van der Waals surface area contributed by atoms with E-state index >= 15 is 0 Å². The summed E-state index contributed by atoms with van der Waals surface area (Å²) in [6, 6.07) is 2.80. The summed E-state index contributed by atoms with van der Waals surface area (Å²) in [5, 5.41) is 20.5. The SMILES string of the molecule is C[C@@H](O)[C@H](CO)NC(=O)c1ccc(C(F)(F)F)cc1. The van der Waals surface area contributed by atoms with Gasteiger partial charge in [-0.15, -0.1) is 0 Å². The van der Waals surface area contributed by atoms with Gasteiger partial charge in [-0.2, -0.15) is 13.2 Å². The number of halogens is 3. The molecule has 4 nitrogen and oxygen atoms in total. The van der Waals surface area contributed by atoms with Crippen LogP contribution in [0.1, 0.15) is 22.8 Å². The third-order valence-corrected chi connectivity index (χ3v) is 2.57. The van der Waals surface area contributed by atoms with Crippen LogP contribution in [0, 0.1) is 0 Å². The molecule has 1 aromatic rings. The number of rotatable bonds is 4. The maximum atomic E-state index is 12.3. The average Bonchev–Trinajstić information content (AvgIpc) is 2.34. The molecule has 0 aromatic heterocycles. The summed E-state index contributed by atoms with van der Waals surface area (Å²) in [6.07, 6.45) is -5.43. The fraction of sp³-hybridized carbons (Fsp3) is 0.417. The van der Waals surface area contributed by atoms with Crippen LogP contribution >= 0.6 is 0 Å². The van der Waals surface area contributed by atoms with Crippen LogP contribution in [0.15, 0.2) is 24.3 Å². The molecule has 1 aromatic carbocycles. The van der Waals surface area contributed by atoms with E-state index in [0.29, 0.717) is 0 Å². The highest BCUT2D eigenvalue weighted by atomic mass is 19.4. The highest BCUT2D eigenvalue weighted by molar-refractivity contribution is 5.94. The predicted octanol–water partition coefficient (Wildman–Crippen LogP) is 1.18. The van der Waals surface area contributed by atoms with Crippen molar-refractivity contribution in [3.8, 4) is 0 Å². The third-order valence-electron chi connectivity index (χ3n) is 2.57. The van der Waals surface area contributed by atoms with Crippen molar-refractivity contribution in [1.29, 1.82) is 0 Å². The van der Waals surface area contributed by atoms with Gasteiger partial charge < -0.3 is 15.5 Å². The van der Waals surface area contributed by atoms with E-state index in [4.69, 9.17) is 5.11 Å². The minimum absolute atomic E-state index is 0.0205. The van der Waals surface area contributed by atoms with Crippen LogP contribution in [0.3, 0.4) is 0 Å². The van der Waals surface area contributed by atoms with Crippen molar-refractivity contribution in [3.63, 3.8) is 0 Å². The van der Waals surface area contributed by atoms with E-state index in [-0.39, 0.29) is 5.56 Å². The largest absolute Gasteiger partial charge is 0.416 e. The Bertz CT molecular complexity index is 429. The normalized spacial score (nSPS) is 14.8. The maximum Gasteiger partial charge on any atom is 0.416 e. The zero-order chi connectivity index (χ0) is 14.6. The zero-order valence-electron chi connectivity index (χ0n) is 10.1. The van der Waals surface area contributed by atoms with Gasteiger partial charge in [0.25, 0.3) is 5.91 Å². The molecule has 0 heterocycles. The lowest BCUT2D eigenvalue weighted by atomic mass is 10.1. The number of hydrogen-bond acceptors (Lipinski definition) is 3. The molecule has 0 aliphatic heterocycles. The predicted molar refractivity (Wildman–Crippen MR) is 61.5 cm³/mol. The second-order valence-corrected chi connectivity index (χ2v) is 4.08. The van der Waals surface area contributed by atoms with Crippen molar-refractivity contribution in [2.75, 3.05) is 6.61 Å². The van der Waals surface area contributed by atoms with Gasteiger partial charge >= 0.3 is 6.18 Å². The minimum Gasteiger partial charge on any atom is -0.394 e. The molecule has 0 aliphatic carbocycles. The van der Waals surface area contributed by atoms with Crippen LogP contribution in [0.4, 0.5) is 13.2 Å². The first kappa shape index (κ1) is 15.5. The molecule has 106 valence electrons. The van der Waals surface area contributed by atoms with Gasteiger partial charge in [-0.05, 0) is 31.2 Å². The lowest BCUT2D eigenvalue weighted by Gasteiger charge is -2.19. The fourth-order valence-corrected chi connectivity index (χ4v) is 1.38. The number of aliphatic hydroxyl groups is 2. The molecule has 1 rings (SSSR count). The van der Waals surface area contributed by atoms with Crippen LogP contribution in [0.2, 0.25) is 0 Å². The standard InChI is InChI=1S/C12H14F3NO3/c1-7(18)10(6-17)16-11(19)8-2-4-9(5-3-8)12(13,14)15/h2-5,7,10,17-18H,6H2,1H3,(H,16,19)/t7-,10+/m1/s1. The van der Waals surface area contributed by atoms with Crippen molar-refractivity contribution < 1.29 is 28.2 Å². The number of amides is 1. The van der Waals surface area contributed by atoms with Crippen molar-refractivity contribution >= 4 is 5.91 Å². The first-order chi connectivity index (χ1) is 8.75. The lowest BCUT2D eigenvalue weighted by molar-refractivity contribution is -0.137. The van der Waals surface area contributed by atoms with E-state index in [0.717, 1.165) is 24.3 Å². The number of aliphatic hydroxyl groups excluding tert-OH is 2. The molecular formula is C12H14F3NO3. The molecule has 0 fully saturated rings. The smallest absolute Gasteiger partial charge is 0.394 e. The Labute approximate surface area is 107 Å². The summed E-state index contributed by atoms with van der Waals surface area (Å²) >= 11 is 0. The van der Waals surface area contributed by atoms with Gasteiger partial charge in [0.05, 0.1) is 24.3 Å². The number of alkyl halides is 3. The summed E-state index contributed by atoms with van der Waals surface area (Å²) in [7, 11) is 0. The van der Waals surface area contributed by atoms with Crippen LogP contribution in [-0.2, 0) is 6.18 Å². The maximum absolute atomic E-state index is 12.3. The third kappa shape index (κ3) is 4.22.